The second-order valence-electron chi connectivity index (χ2n) is 6.31. The van der Waals surface area contributed by atoms with Crippen LogP contribution in [-0.2, 0) is 0 Å². The molecule has 0 saturated heterocycles. The minimum absolute atomic E-state index is 0.152. The number of halogens is 1. The van der Waals surface area contributed by atoms with Gasteiger partial charge in [-0.2, -0.15) is 0 Å². The van der Waals surface area contributed by atoms with Crippen molar-refractivity contribution in [2.75, 3.05) is 0 Å². The van der Waals surface area contributed by atoms with Crippen molar-refractivity contribution in [3.63, 3.8) is 0 Å². The van der Waals surface area contributed by atoms with E-state index in [9.17, 15) is 4.39 Å². The lowest BCUT2D eigenvalue weighted by molar-refractivity contribution is 0.619. The zero-order valence-electron chi connectivity index (χ0n) is 14.1. The van der Waals surface area contributed by atoms with Gasteiger partial charge in [-0.25, -0.2) is 4.39 Å². The molecule has 0 fully saturated rings. The van der Waals surface area contributed by atoms with Gasteiger partial charge in [0, 0.05) is 0 Å². The topological polar surface area (TPSA) is 0 Å². The lowest BCUT2D eigenvalue weighted by Crippen LogP contribution is -1.90. The van der Waals surface area contributed by atoms with E-state index >= 15 is 0 Å². The Morgan fingerprint density at radius 1 is 0.565 bits per heavy atom. The van der Waals surface area contributed by atoms with Gasteiger partial charge in [-0.05, 0) is 72.7 Å². The summed E-state index contributed by atoms with van der Waals surface area (Å²) >= 11 is 0. The summed E-state index contributed by atoms with van der Waals surface area (Å²) < 4.78 is 13.8. The monoisotopic (exact) mass is 304 g/mol. The van der Waals surface area contributed by atoms with Crippen LogP contribution in [0.1, 0.15) is 22.3 Å². The van der Waals surface area contributed by atoms with E-state index in [0.29, 0.717) is 5.56 Å². The number of benzene rings is 3. The average molecular weight is 304 g/mol. The molecule has 116 valence electrons. The molecule has 3 rings (SSSR count). The number of hydrogen-bond donors (Lipinski definition) is 0. The molecule has 0 radical (unpaired) electrons. The fraction of sp³-hybridized carbons (Fsp3) is 0.182. The van der Waals surface area contributed by atoms with E-state index in [4.69, 9.17) is 0 Å². The van der Waals surface area contributed by atoms with Crippen molar-refractivity contribution in [3.8, 4) is 22.3 Å². The largest absolute Gasteiger partial charge is 0.207 e. The van der Waals surface area contributed by atoms with Crippen LogP contribution in [0.3, 0.4) is 0 Å². The highest BCUT2D eigenvalue weighted by Gasteiger charge is 2.08. The summed E-state index contributed by atoms with van der Waals surface area (Å²) in [6, 6.07) is 18.4. The van der Waals surface area contributed by atoms with Crippen molar-refractivity contribution in [2.45, 2.75) is 27.7 Å². The highest BCUT2D eigenvalue weighted by atomic mass is 19.1. The first-order chi connectivity index (χ1) is 11.0. The van der Waals surface area contributed by atoms with Crippen LogP contribution < -0.4 is 0 Å². The first-order valence-corrected chi connectivity index (χ1v) is 7.90. The molecule has 0 saturated carbocycles. The lowest BCUT2D eigenvalue weighted by Gasteiger charge is -2.12. The molecule has 3 aromatic carbocycles. The molecule has 0 aliphatic carbocycles. The van der Waals surface area contributed by atoms with Crippen molar-refractivity contribution in [2.24, 2.45) is 0 Å². The van der Waals surface area contributed by atoms with E-state index in [0.717, 1.165) is 16.7 Å². The van der Waals surface area contributed by atoms with Gasteiger partial charge in [0.05, 0.1) is 0 Å². The standard InChI is InChI=1S/C22H21F/c1-14-5-9-20(16(3)11-14)18-8-10-21(17(4)12-18)19-7-6-15(2)22(23)13-19/h5-13H,1-4H3. The van der Waals surface area contributed by atoms with Crippen LogP contribution in [0.4, 0.5) is 4.39 Å². The first kappa shape index (κ1) is 15.5. The molecule has 0 aliphatic heterocycles. The summed E-state index contributed by atoms with van der Waals surface area (Å²) in [5, 5.41) is 0. The minimum atomic E-state index is -0.152. The number of rotatable bonds is 2. The summed E-state index contributed by atoms with van der Waals surface area (Å²) in [5.74, 6) is -0.152. The highest BCUT2D eigenvalue weighted by Crippen LogP contribution is 2.31. The fourth-order valence-corrected chi connectivity index (χ4v) is 3.05. The van der Waals surface area contributed by atoms with Gasteiger partial charge < -0.3 is 0 Å². The smallest absolute Gasteiger partial charge is 0.126 e. The predicted molar refractivity (Wildman–Crippen MR) is 96.2 cm³/mol. The summed E-state index contributed by atoms with van der Waals surface area (Å²) in [6.45, 7) is 8.12. The predicted octanol–water partition coefficient (Wildman–Crippen LogP) is 6.39. The molecule has 0 atom stereocenters. The number of hydrogen-bond acceptors (Lipinski definition) is 0. The highest BCUT2D eigenvalue weighted by molar-refractivity contribution is 5.75. The maximum absolute atomic E-state index is 13.8. The normalized spacial score (nSPS) is 10.8. The van der Waals surface area contributed by atoms with Crippen LogP contribution in [0, 0.1) is 33.5 Å². The number of aryl methyl sites for hydroxylation is 4. The van der Waals surface area contributed by atoms with E-state index in [2.05, 4.69) is 57.2 Å². The van der Waals surface area contributed by atoms with Crippen molar-refractivity contribution in [1.29, 1.82) is 0 Å². The van der Waals surface area contributed by atoms with E-state index < -0.39 is 0 Å². The van der Waals surface area contributed by atoms with Crippen LogP contribution in [0.25, 0.3) is 22.3 Å². The third-order valence-electron chi connectivity index (χ3n) is 4.40. The van der Waals surface area contributed by atoms with Crippen molar-refractivity contribution in [3.05, 3.63) is 82.7 Å². The Kier molecular flexibility index (Phi) is 4.04. The molecule has 0 heterocycles. The summed E-state index contributed by atoms with van der Waals surface area (Å²) in [4.78, 5) is 0. The molecule has 0 amide bonds. The van der Waals surface area contributed by atoms with E-state index in [1.54, 1.807) is 13.0 Å². The Morgan fingerprint density at radius 3 is 1.74 bits per heavy atom. The molecule has 0 unspecified atom stereocenters. The average Bonchev–Trinajstić information content (AvgIpc) is 2.50. The van der Waals surface area contributed by atoms with E-state index in [-0.39, 0.29) is 5.82 Å². The molecular weight excluding hydrogens is 283 g/mol. The molecule has 0 spiro atoms. The van der Waals surface area contributed by atoms with Crippen LogP contribution in [0.15, 0.2) is 54.6 Å². The fourth-order valence-electron chi connectivity index (χ4n) is 3.05. The van der Waals surface area contributed by atoms with Gasteiger partial charge in [0.2, 0.25) is 0 Å². The first-order valence-electron chi connectivity index (χ1n) is 7.90. The van der Waals surface area contributed by atoms with Crippen LogP contribution in [0.5, 0.6) is 0 Å². The molecule has 3 aromatic rings. The lowest BCUT2D eigenvalue weighted by atomic mass is 9.93. The van der Waals surface area contributed by atoms with Gasteiger partial charge in [0.1, 0.15) is 5.82 Å². The molecule has 0 N–H and O–H groups in total. The summed E-state index contributed by atoms with van der Waals surface area (Å²) in [6.07, 6.45) is 0. The second-order valence-corrected chi connectivity index (χ2v) is 6.31. The summed E-state index contributed by atoms with van der Waals surface area (Å²) in [5.41, 5.74) is 8.85. The minimum Gasteiger partial charge on any atom is -0.207 e. The third-order valence-corrected chi connectivity index (χ3v) is 4.40. The molecule has 23 heavy (non-hydrogen) atoms. The van der Waals surface area contributed by atoms with E-state index in [1.165, 1.54) is 22.3 Å². The van der Waals surface area contributed by atoms with Gasteiger partial charge in [-0.3, -0.25) is 0 Å². The molecular formula is C22H21F. The second kappa shape index (κ2) is 6.00. The van der Waals surface area contributed by atoms with Crippen molar-refractivity contribution < 1.29 is 4.39 Å². The van der Waals surface area contributed by atoms with Gasteiger partial charge in [-0.1, -0.05) is 54.1 Å². The maximum Gasteiger partial charge on any atom is 0.126 e. The van der Waals surface area contributed by atoms with Crippen LogP contribution in [0.2, 0.25) is 0 Å². The molecule has 0 bridgehead atoms. The molecule has 0 nitrogen and oxygen atoms in total. The molecule has 0 aliphatic rings. The van der Waals surface area contributed by atoms with E-state index in [1.807, 2.05) is 12.1 Å². The van der Waals surface area contributed by atoms with Crippen LogP contribution >= 0.6 is 0 Å². The Labute approximate surface area is 137 Å². The third kappa shape index (κ3) is 3.05. The van der Waals surface area contributed by atoms with Crippen molar-refractivity contribution >= 4 is 0 Å². The van der Waals surface area contributed by atoms with Crippen molar-refractivity contribution in [1.82, 2.24) is 0 Å². The Morgan fingerprint density at radius 2 is 1.13 bits per heavy atom. The van der Waals surface area contributed by atoms with Crippen LogP contribution in [-0.4, -0.2) is 0 Å². The molecule has 0 aromatic heterocycles. The van der Waals surface area contributed by atoms with Gasteiger partial charge in [-0.15, -0.1) is 0 Å². The quantitative estimate of drug-likeness (QED) is 0.514. The zero-order chi connectivity index (χ0) is 16.6. The molecule has 1 heteroatoms. The maximum atomic E-state index is 13.8. The Balaban J connectivity index is 2.05. The SMILES string of the molecule is Cc1ccc(-c2ccc(-c3ccc(C)c(F)c3)c(C)c2)c(C)c1. The Hall–Kier alpha value is -2.41. The Bertz CT molecular complexity index is 875. The summed E-state index contributed by atoms with van der Waals surface area (Å²) in [7, 11) is 0. The van der Waals surface area contributed by atoms with Gasteiger partial charge >= 0.3 is 0 Å². The zero-order valence-corrected chi connectivity index (χ0v) is 14.1. The van der Waals surface area contributed by atoms with Gasteiger partial charge in [0.25, 0.3) is 0 Å². The van der Waals surface area contributed by atoms with Gasteiger partial charge in [0.15, 0.2) is 0 Å².